The summed E-state index contributed by atoms with van der Waals surface area (Å²) in [6, 6.07) is 4.56. The van der Waals surface area contributed by atoms with E-state index in [9.17, 15) is 14.9 Å². The highest BCUT2D eigenvalue weighted by Gasteiger charge is 2.15. The Bertz CT molecular complexity index is 466. The van der Waals surface area contributed by atoms with Crippen LogP contribution in [0.1, 0.15) is 18.9 Å². The molecular weight excluding hydrogens is 270 g/mol. The molecule has 1 aromatic rings. The van der Waals surface area contributed by atoms with Crippen LogP contribution in [0.25, 0.3) is 0 Å². The van der Waals surface area contributed by atoms with Crippen molar-refractivity contribution in [3.8, 4) is 0 Å². The zero-order chi connectivity index (χ0) is 14.3. The number of benzene rings is 1. The zero-order valence-corrected chi connectivity index (χ0v) is 11.4. The van der Waals surface area contributed by atoms with Crippen LogP contribution in [0.5, 0.6) is 0 Å². The molecular formula is C12H16ClN3O3. The molecule has 0 saturated heterocycles. The van der Waals surface area contributed by atoms with Crippen molar-refractivity contribution in [1.29, 1.82) is 0 Å². The zero-order valence-electron chi connectivity index (χ0n) is 10.6. The van der Waals surface area contributed by atoms with Crippen LogP contribution in [-0.4, -0.2) is 23.9 Å². The highest BCUT2D eigenvalue weighted by molar-refractivity contribution is 6.31. The number of hydrogen-bond donors (Lipinski definition) is 2. The molecule has 1 amide bonds. The summed E-state index contributed by atoms with van der Waals surface area (Å²) >= 11 is 5.94. The maximum atomic E-state index is 11.2. The molecule has 0 aliphatic heterocycles. The van der Waals surface area contributed by atoms with E-state index in [2.05, 4.69) is 10.6 Å². The van der Waals surface area contributed by atoms with E-state index in [1.807, 2.05) is 6.92 Å². The summed E-state index contributed by atoms with van der Waals surface area (Å²) < 4.78 is 0. The molecule has 7 heteroatoms. The molecule has 0 radical (unpaired) electrons. The van der Waals surface area contributed by atoms with Gasteiger partial charge in [0.1, 0.15) is 0 Å². The summed E-state index contributed by atoms with van der Waals surface area (Å²) in [5.41, 5.74) is 0.420. The molecule has 1 aromatic carbocycles. The highest BCUT2D eigenvalue weighted by atomic mass is 35.5. The van der Waals surface area contributed by atoms with Crippen molar-refractivity contribution in [3.05, 3.63) is 38.9 Å². The molecule has 0 aliphatic carbocycles. The molecule has 6 nitrogen and oxygen atoms in total. The van der Waals surface area contributed by atoms with E-state index >= 15 is 0 Å². The first-order valence-electron chi connectivity index (χ1n) is 5.95. The van der Waals surface area contributed by atoms with E-state index < -0.39 is 4.92 Å². The minimum absolute atomic E-state index is 0.0157. The van der Waals surface area contributed by atoms with E-state index in [0.717, 1.165) is 0 Å². The van der Waals surface area contributed by atoms with Gasteiger partial charge in [-0.15, -0.1) is 0 Å². The molecule has 2 N–H and O–H groups in total. The number of rotatable bonds is 7. The number of hydrogen-bond acceptors (Lipinski definition) is 4. The SMILES string of the molecule is CCNC(=O)CCNCc1c(Cl)cccc1[N+](=O)[O-]. The number of nitro benzene ring substituents is 1. The molecule has 0 atom stereocenters. The molecule has 19 heavy (non-hydrogen) atoms. The highest BCUT2D eigenvalue weighted by Crippen LogP contribution is 2.25. The number of nitro groups is 1. The Morgan fingerprint density at radius 3 is 2.84 bits per heavy atom. The fraction of sp³-hybridized carbons (Fsp3) is 0.417. The van der Waals surface area contributed by atoms with Crippen LogP contribution in [0, 0.1) is 10.1 Å². The number of halogens is 1. The van der Waals surface area contributed by atoms with E-state index in [4.69, 9.17) is 11.6 Å². The van der Waals surface area contributed by atoms with Crippen LogP contribution in [0.15, 0.2) is 18.2 Å². The van der Waals surface area contributed by atoms with Gasteiger partial charge in [0.05, 0.1) is 15.5 Å². The first kappa shape index (κ1) is 15.4. The first-order valence-corrected chi connectivity index (χ1v) is 6.33. The van der Waals surface area contributed by atoms with Gasteiger partial charge in [-0.2, -0.15) is 0 Å². The summed E-state index contributed by atoms with van der Waals surface area (Å²) in [4.78, 5) is 21.6. The fourth-order valence-corrected chi connectivity index (χ4v) is 1.83. The maximum Gasteiger partial charge on any atom is 0.275 e. The summed E-state index contributed by atoms with van der Waals surface area (Å²) in [5.74, 6) is -0.0522. The van der Waals surface area contributed by atoms with Gasteiger partial charge in [0.15, 0.2) is 0 Å². The molecule has 0 unspecified atom stereocenters. The van der Waals surface area contributed by atoms with Crippen molar-refractivity contribution in [2.75, 3.05) is 13.1 Å². The second-order valence-electron chi connectivity index (χ2n) is 3.87. The maximum absolute atomic E-state index is 11.2. The van der Waals surface area contributed by atoms with Crippen molar-refractivity contribution in [2.24, 2.45) is 0 Å². The normalized spacial score (nSPS) is 10.2. The second kappa shape index (κ2) is 7.70. The Hall–Kier alpha value is -1.66. The smallest absolute Gasteiger partial charge is 0.275 e. The lowest BCUT2D eigenvalue weighted by molar-refractivity contribution is -0.385. The third-order valence-electron chi connectivity index (χ3n) is 2.50. The first-order chi connectivity index (χ1) is 9.06. The van der Waals surface area contributed by atoms with E-state index in [1.54, 1.807) is 12.1 Å². The van der Waals surface area contributed by atoms with E-state index in [0.29, 0.717) is 30.1 Å². The van der Waals surface area contributed by atoms with Crippen LogP contribution in [0.3, 0.4) is 0 Å². The minimum Gasteiger partial charge on any atom is -0.356 e. The lowest BCUT2D eigenvalue weighted by Gasteiger charge is -2.07. The van der Waals surface area contributed by atoms with Gasteiger partial charge in [0.25, 0.3) is 5.69 Å². The Labute approximate surface area is 116 Å². The van der Waals surface area contributed by atoms with Crippen LogP contribution in [-0.2, 0) is 11.3 Å². The molecule has 0 saturated carbocycles. The van der Waals surface area contributed by atoms with Gasteiger partial charge in [-0.1, -0.05) is 17.7 Å². The average Bonchev–Trinajstić information content (AvgIpc) is 2.36. The molecule has 1 rings (SSSR count). The summed E-state index contributed by atoms with van der Waals surface area (Å²) in [7, 11) is 0. The van der Waals surface area contributed by atoms with Gasteiger partial charge in [0, 0.05) is 32.1 Å². The fourth-order valence-electron chi connectivity index (χ4n) is 1.59. The quantitative estimate of drug-likeness (QED) is 0.455. The van der Waals surface area contributed by atoms with E-state index in [-0.39, 0.29) is 18.1 Å². The minimum atomic E-state index is -0.466. The summed E-state index contributed by atoms with van der Waals surface area (Å²) in [6.07, 6.45) is 0.325. The molecule has 0 heterocycles. The predicted octanol–water partition coefficient (Wildman–Crippen LogP) is 1.86. The van der Waals surface area contributed by atoms with Gasteiger partial charge < -0.3 is 10.6 Å². The molecule has 0 bridgehead atoms. The Balaban J connectivity index is 2.54. The van der Waals surface area contributed by atoms with Crippen molar-refractivity contribution >= 4 is 23.2 Å². The predicted molar refractivity (Wildman–Crippen MR) is 73.1 cm³/mol. The number of nitrogens with zero attached hydrogens (tertiary/aromatic N) is 1. The van der Waals surface area contributed by atoms with Crippen LogP contribution in [0.2, 0.25) is 5.02 Å². The van der Waals surface area contributed by atoms with Gasteiger partial charge in [0.2, 0.25) is 5.91 Å². The number of carbonyl (C=O) groups is 1. The molecule has 0 spiro atoms. The molecule has 0 fully saturated rings. The van der Waals surface area contributed by atoms with Crippen molar-refractivity contribution in [1.82, 2.24) is 10.6 Å². The van der Waals surface area contributed by atoms with Crippen LogP contribution in [0.4, 0.5) is 5.69 Å². The molecule has 0 aliphatic rings. The van der Waals surface area contributed by atoms with Crippen molar-refractivity contribution < 1.29 is 9.72 Å². The van der Waals surface area contributed by atoms with Gasteiger partial charge >= 0.3 is 0 Å². The molecule has 104 valence electrons. The number of amides is 1. The van der Waals surface area contributed by atoms with Crippen molar-refractivity contribution in [2.45, 2.75) is 19.9 Å². The van der Waals surface area contributed by atoms with Crippen LogP contribution >= 0.6 is 11.6 Å². The Morgan fingerprint density at radius 2 is 2.21 bits per heavy atom. The topological polar surface area (TPSA) is 84.3 Å². The number of nitrogens with one attached hydrogen (secondary N) is 2. The van der Waals surface area contributed by atoms with Gasteiger partial charge in [-0.25, -0.2) is 0 Å². The third kappa shape index (κ3) is 4.84. The summed E-state index contributed by atoms with van der Waals surface area (Å²) in [5, 5.41) is 16.9. The lowest BCUT2D eigenvalue weighted by Crippen LogP contribution is -2.27. The summed E-state index contributed by atoms with van der Waals surface area (Å²) in [6.45, 7) is 3.14. The van der Waals surface area contributed by atoms with Gasteiger partial charge in [-0.3, -0.25) is 14.9 Å². The third-order valence-corrected chi connectivity index (χ3v) is 2.85. The Morgan fingerprint density at radius 1 is 1.47 bits per heavy atom. The van der Waals surface area contributed by atoms with Gasteiger partial charge in [-0.05, 0) is 13.0 Å². The largest absolute Gasteiger partial charge is 0.356 e. The molecule has 0 aromatic heterocycles. The number of carbonyl (C=O) groups excluding carboxylic acids is 1. The monoisotopic (exact) mass is 285 g/mol. The van der Waals surface area contributed by atoms with Crippen molar-refractivity contribution in [3.63, 3.8) is 0 Å². The van der Waals surface area contributed by atoms with E-state index in [1.165, 1.54) is 6.07 Å². The second-order valence-corrected chi connectivity index (χ2v) is 4.28. The lowest BCUT2D eigenvalue weighted by atomic mass is 10.2. The standard InChI is InChI=1S/C12H16ClN3O3/c1-2-15-12(17)6-7-14-8-9-10(13)4-3-5-11(9)16(18)19/h3-5,14H,2,6-8H2,1H3,(H,15,17). The Kier molecular flexibility index (Phi) is 6.24. The van der Waals surface area contributed by atoms with Crippen LogP contribution < -0.4 is 10.6 Å². The average molecular weight is 286 g/mol.